The van der Waals surface area contributed by atoms with E-state index in [1.807, 2.05) is 13.1 Å². The minimum Gasteiger partial charge on any atom is -0.373 e. The molecule has 0 saturated heterocycles. The Kier molecular flexibility index (Phi) is 4.20. The van der Waals surface area contributed by atoms with Crippen LogP contribution in [0.5, 0.6) is 0 Å². The van der Waals surface area contributed by atoms with Gasteiger partial charge in [0, 0.05) is 32.1 Å². The average Bonchev–Trinajstić information content (AvgIpc) is 3.17. The highest BCUT2D eigenvalue weighted by Gasteiger charge is 2.27. The maximum atomic E-state index is 10.9. The van der Waals surface area contributed by atoms with Crippen molar-refractivity contribution in [3.05, 3.63) is 11.9 Å². The standard InChI is InChI=1S/C11H19N5O2S/c1-12-9-7-10(13-5-6-14-19(2,17)18)16-11(15-9)8-3-4-8/h7-8,14H,3-6H2,1-2H3,(H2,12,13,15,16). The van der Waals surface area contributed by atoms with E-state index in [2.05, 4.69) is 25.3 Å². The molecular formula is C11H19N5O2S. The fourth-order valence-corrected chi connectivity index (χ4v) is 2.11. The molecule has 0 unspecified atom stereocenters. The van der Waals surface area contributed by atoms with Crippen molar-refractivity contribution < 1.29 is 8.42 Å². The van der Waals surface area contributed by atoms with E-state index in [0.717, 1.165) is 36.6 Å². The van der Waals surface area contributed by atoms with E-state index in [-0.39, 0.29) is 0 Å². The predicted octanol–water partition coefficient (Wildman–Crippen LogP) is 0.357. The van der Waals surface area contributed by atoms with Gasteiger partial charge < -0.3 is 10.6 Å². The van der Waals surface area contributed by atoms with Crippen LogP contribution >= 0.6 is 0 Å². The maximum Gasteiger partial charge on any atom is 0.208 e. The zero-order valence-electron chi connectivity index (χ0n) is 11.1. The summed E-state index contributed by atoms with van der Waals surface area (Å²) in [4.78, 5) is 8.85. The largest absolute Gasteiger partial charge is 0.373 e. The van der Waals surface area contributed by atoms with Crippen LogP contribution in [0.3, 0.4) is 0 Å². The summed E-state index contributed by atoms with van der Waals surface area (Å²) in [5.41, 5.74) is 0. The number of nitrogens with one attached hydrogen (secondary N) is 3. The third-order valence-corrected chi connectivity index (χ3v) is 3.47. The van der Waals surface area contributed by atoms with Gasteiger partial charge in [0.2, 0.25) is 10.0 Å². The fraction of sp³-hybridized carbons (Fsp3) is 0.636. The molecule has 1 fully saturated rings. The molecule has 0 radical (unpaired) electrons. The van der Waals surface area contributed by atoms with Gasteiger partial charge in [-0.3, -0.25) is 0 Å². The van der Waals surface area contributed by atoms with Crippen molar-refractivity contribution in [1.29, 1.82) is 0 Å². The van der Waals surface area contributed by atoms with Crippen LogP contribution in [-0.4, -0.2) is 44.8 Å². The first kappa shape index (κ1) is 14.0. The van der Waals surface area contributed by atoms with Crippen molar-refractivity contribution in [2.45, 2.75) is 18.8 Å². The minimum atomic E-state index is -3.14. The van der Waals surface area contributed by atoms with Gasteiger partial charge in [-0.25, -0.2) is 23.1 Å². The lowest BCUT2D eigenvalue weighted by Crippen LogP contribution is -2.27. The lowest BCUT2D eigenvalue weighted by molar-refractivity contribution is 0.589. The molecule has 0 bridgehead atoms. The third-order valence-electron chi connectivity index (χ3n) is 2.74. The molecule has 1 aliphatic carbocycles. The van der Waals surface area contributed by atoms with Gasteiger partial charge in [-0.15, -0.1) is 0 Å². The number of anilines is 2. The molecule has 1 heterocycles. The highest BCUT2D eigenvalue weighted by molar-refractivity contribution is 7.88. The second kappa shape index (κ2) is 5.70. The van der Waals surface area contributed by atoms with Crippen LogP contribution in [0.15, 0.2) is 6.07 Å². The number of hydrogen-bond acceptors (Lipinski definition) is 6. The van der Waals surface area contributed by atoms with E-state index in [1.54, 1.807) is 0 Å². The maximum absolute atomic E-state index is 10.9. The summed E-state index contributed by atoms with van der Waals surface area (Å²) < 4.78 is 24.3. The summed E-state index contributed by atoms with van der Waals surface area (Å²) in [6.07, 6.45) is 3.42. The molecule has 1 aromatic heterocycles. The highest BCUT2D eigenvalue weighted by atomic mass is 32.2. The summed E-state index contributed by atoms with van der Waals surface area (Å²) in [5.74, 6) is 2.82. The summed E-state index contributed by atoms with van der Waals surface area (Å²) in [7, 11) is -1.32. The van der Waals surface area contributed by atoms with Gasteiger partial charge in [0.1, 0.15) is 17.5 Å². The van der Waals surface area contributed by atoms with E-state index < -0.39 is 10.0 Å². The molecule has 3 N–H and O–H groups in total. The first-order valence-corrected chi connectivity index (χ1v) is 8.12. The second-order valence-electron chi connectivity index (χ2n) is 4.61. The zero-order chi connectivity index (χ0) is 13.9. The predicted molar refractivity (Wildman–Crippen MR) is 74.9 cm³/mol. The zero-order valence-corrected chi connectivity index (χ0v) is 11.9. The molecule has 1 saturated carbocycles. The van der Waals surface area contributed by atoms with Gasteiger partial charge in [-0.2, -0.15) is 0 Å². The molecule has 19 heavy (non-hydrogen) atoms. The Hall–Kier alpha value is -1.41. The molecule has 0 amide bonds. The van der Waals surface area contributed by atoms with Gasteiger partial charge in [0.05, 0.1) is 6.26 Å². The van der Waals surface area contributed by atoms with Gasteiger partial charge >= 0.3 is 0 Å². The monoisotopic (exact) mass is 285 g/mol. The first-order valence-electron chi connectivity index (χ1n) is 6.23. The molecule has 7 nitrogen and oxygen atoms in total. The van der Waals surface area contributed by atoms with Gasteiger partial charge in [-0.1, -0.05) is 0 Å². The van der Waals surface area contributed by atoms with Gasteiger partial charge in [-0.05, 0) is 12.8 Å². The fourth-order valence-electron chi connectivity index (χ4n) is 1.64. The molecule has 106 valence electrons. The number of rotatable bonds is 7. The molecule has 0 atom stereocenters. The lowest BCUT2D eigenvalue weighted by atomic mass is 10.3. The van der Waals surface area contributed by atoms with E-state index in [9.17, 15) is 8.42 Å². The van der Waals surface area contributed by atoms with Crippen molar-refractivity contribution in [2.24, 2.45) is 0 Å². The van der Waals surface area contributed by atoms with E-state index in [1.165, 1.54) is 0 Å². The van der Waals surface area contributed by atoms with Gasteiger partial charge in [0.15, 0.2) is 0 Å². The normalized spacial score (nSPS) is 15.3. The van der Waals surface area contributed by atoms with Gasteiger partial charge in [0.25, 0.3) is 0 Å². The Bertz CT molecular complexity index is 542. The van der Waals surface area contributed by atoms with Crippen LogP contribution < -0.4 is 15.4 Å². The van der Waals surface area contributed by atoms with Crippen LogP contribution in [0.25, 0.3) is 0 Å². The molecule has 0 aromatic carbocycles. The van der Waals surface area contributed by atoms with Crippen LogP contribution in [0.1, 0.15) is 24.6 Å². The first-order chi connectivity index (χ1) is 8.98. The number of aromatic nitrogens is 2. The molecule has 2 rings (SSSR count). The van der Waals surface area contributed by atoms with Crippen molar-refractivity contribution in [2.75, 3.05) is 37.0 Å². The quantitative estimate of drug-likeness (QED) is 0.626. The Balaban J connectivity index is 1.93. The van der Waals surface area contributed by atoms with Crippen LogP contribution in [-0.2, 0) is 10.0 Å². The van der Waals surface area contributed by atoms with E-state index in [0.29, 0.717) is 19.0 Å². The molecule has 8 heteroatoms. The van der Waals surface area contributed by atoms with Crippen molar-refractivity contribution in [3.8, 4) is 0 Å². The third kappa shape index (κ3) is 4.64. The van der Waals surface area contributed by atoms with Crippen LogP contribution in [0.2, 0.25) is 0 Å². The van der Waals surface area contributed by atoms with E-state index in [4.69, 9.17) is 0 Å². The minimum absolute atomic E-state index is 0.330. The number of hydrogen-bond donors (Lipinski definition) is 3. The topological polar surface area (TPSA) is 96.0 Å². The Morgan fingerprint density at radius 3 is 2.53 bits per heavy atom. The summed E-state index contributed by atoms with van der Waals surface area (Å²) in [5, 5.41) is 6.10. The average molecular weight is 285 g/mol. The highest BCUT2D eigenvalue weighted by Crippen LogP contribution is 2.38. The summed E-state index contributed by atoms with van der Waals surface area (Å²) in [6, 6.07) is 1.81. The molecule has 1 aromatic rings. The van der Waals surface area contributed by atoms with E-state index >= 15 is 0 Å². The molecule has 0 spiro atoms. The van der Waals surface area contributed by atoms with Crippen molar-refractivity contribution in [1.82, 2.24) is 14.7 Å². The Labute approximate surface area is 113 Å². The summed E-state index contributed by atoms with van der Waals surface area (Å²) >= 11 is 0. The SMILES string of the molecule is CNc1cc(NCCNS(C)(=O)=O)nc(C2CC2)n1. The smallest absolute Gasteiger partial charge is 0.208 e. The lowest BCUT2D eigenvalue weighted by Gasteiger charge is -2.09. The molecule has 1 aliphatic rings. The number of nitrogens with zero attached hydrogens (tertiary/aromatic N) is 2. The second-order valence-corrected chi connectivity index (χ2v) is 6.45. The Morgan fingerprint density at radius 2 is 1.95 bits per heavy atom. The van der Waals surface area contributed by atoms with Crippen LogP contribution in [0, 0.1) is 0 Å². The van der Waals surface area contributed by atoms with Crippen molar-refractivity contribution in [3.63, 3.8) is 0 Å². The van der Waals surface area contributed by atoms with Crippen LogP contribution in [0.4, 0.5) is 11.6 Å². The number of sulfonamides is 1. The summed E-state index contributed by atoms with van der Waals surface area (Å²) in [6.45, 7) is 0.813. The molecule has 0 aliphatic heterocycles. The van der Waals surface area contributed by atoms with Crippen molar-refractivity contribution >= 4 is 21.7 Å². The Morgan fingerprint density at radius 1 is 1.26 bits per heavy atom. The molecular weight excluding hydrogens is 266 g/mol.